The average Bonchev–Trinajstić information content (AvgIpc) is 2.52. The van der Waals surface area contributed by atoms with Crippen molar-refractivity contribution >= 4 is 11.9 Å². The summed E-state index contributed by atoms with van der Waals surface area (Å²) in [6.45, 7) is 7.98. The van der Waals surface area contributed by atoms with Crippen LogP contribution in [0.3, 0.4) is 0 Å². The van der Waals surface area contributed by atoms with Crippen LogP contribution in [0, 0.1) is 27.7 Å². The molecule has 0 saturated carbocycles. The first-order valence-electron chi connectivity index (χ1n) is 7.83. The van der Waals surface area contributed by atoms with Crippen molar-refractivity contribution in [2.24, 2.45) is 0 Å². The molecule has 0 bridgehead atoms. The van der Waals surface area contributed by atoms with Crippen molar-refractivity contribution in [3.63, 3.8) is 0 Å². The van der Waals surface area contributed by atoms with Gasteiger partial charge in [-0.3, -0.25) is 0 Å². The lowest BCUT2D eigenvalue weighted by molar-refractivity contribution is -0.169. The minimum Gasteiger partial charge on any atom is -0.452 e. The van der Waals surface area contributed by atoms with E-state index >= 15 is 0 Å². The van der Waals surface area contributed by atoms with Gasteiger partial charge in [-0.15, -0.1) is 0 Å². The molecule has 4 heteroatoms. The fraction of sp³-hybridized carbons (Fsp3) is 0.300. The van der Waals surface area contributed by atoms with Crippen LogP contribution in [-0.4, -0.2) is 11.9 Å². The number of hydrogen-bond donors (Lipinski definition) is 0. The van der Waals surface area contributed by atoms with Gasteiger partial charge in [0, 0.05) is 0 Å². The van der Waals surface area contributed by atoms with Crippen molar-refractivity contribution in [3.05, 3.63) is 69.8 Å². The molecule has 0 heterocycles. The largest absolute Gasteiger partial charge is 0.452 e. The third-order valence-corrected chi connectivity index (χ3v) is 3.88. The predicted octanol–water partition coefficient (Wildman–Crippen LogP) is 3.71. The van der Waals surface area contributed by atoms with Gasteiger partial charge in [0.25, 0.3) is 0 Å². The zero-order valence-electron chi connectivity index (χ0n) is 14.5. The molecule has 2 aromatic carbocycles. The second-order valence-corrected chi connectivity index (χ2v) is 6.01. The number of carbonyl (C=O) groups excluding carboxylic acids is 2. The summed E-state index contributed by atoms with van der Waals surface area (Å²) in [4.78, 5) is 23.5. The average molecular weight is 326 g/mol. The van der Waals surface area contributed by atoms with Gasteiger partial charge in [-0.2, -0.15) is 0 Å². The molecule has 0 atom stereocenters. The number of esters is 2. The predicted molar refractivity (Wildman–Crippen MR) is 91.4 cm³/mol. The number of benzene rings is 2. The van der Waals surface area contributed by atoms with E-state index in [1.54, 1.807) is 0 Å². The summed E-state index contributed by atoms with van der Waals surface area (Å²) < 4.78 is 10.1. The highest BCUT2D eigenvalue weighted by Gasteiger charge is 2.18. The third-order valence-electron chi connectivity index (χ3n) is 3.88. The fourth-order valence-electron chi connectivity index (χ4n) is 2.42. The monoisotopic (exact) mass is 326 g/mol. The van der Waals surface area contributed by atoms with Crippen molar-refractivity contribution in [2.75, 3.05) is 0 Å². The van der Waals surface area contributed by atoms with Crippen molar-refractivity contribution in [1.29, 1.82) is 0 Å². The fourth-order valence-corrected chi connectivity index (χ4v) is 2.42. The van der Waals surface area contributed by atoms with Crippen LogP contribution in [0.5, 0.6) is 0 Å². The first-order valence-corrected chi connectivity index (χ1v) is 7.83. The van der Waals surface area contributed by atoms with Gasteiger partial charge in [-0.25, -0.2) is 9.59 Å². The molecule has 2 aromatic rings. The van der Waals surface area contributed by atoms with E-state index in [1.807, 2.05) is 64.1 Å². The molecule has 4 nitrogen and oxygen atoms in total. The molecule has 0 aliphatic heterocycles. The minimum atomic E-state index is -0.972. The minimum absolute atomic E-state index is 0.0591. The molecule has 2 rings (SSSR count). The number of carbonyl (C=O) groups is 2. The number of hydrogen-bond acceptors (Lipinski definition) is 4. The van der Waals surface area contributed by atoms with Gasteiger partial charge in [0.05, 0.1) is 0 Å². The summed E-state index contributed by atoms with van der Waals surface area (Å²) >= 11 is 0. The molecule has 0 aliphatic carbocycles. The van der Waals surface area contributed by atoms with E-state index in [0.717, 1.165) is 33.4 Å². The maximum Gasteiger partial charge on any atom is 0.417 e. The maximum absolute atomic E-state index is 11.8. The van der Waals surface area contributed by atoms with Crippen molar-refractivity contribution in [3.8, 4) is 0 Å². The van der Waals surface area contributed by atoms with E-state index in [0.29, 0.717) is 0 Å². The summed E-state index contributed by atoms with van der Waals surface area (Å²) in [6, 6.07) is 11.7. The molecule has 0 radical (unpaired) electrons. The van der Waals surface area contributed by atoms with Crippen LogP contribution in [0.1, 0.15) is 33.4 Å². The SMILES string of the molecule is Cc1ccc(COC(=O)C(=O)OCc2ccc(C)cc2C)c(C)c1. The van der Waals surface area contributed by atoms with Crippen LogP contribution in [-0.2, 0) is 32.3 Å². The molecule has 0 fully saturated rings. The number of aryl methyl sites for hydroxylation is 4. The van der Waals surface area contributed by atoms with Crippen LogP contribution in [0.2, 0.25) is 0 Å². The topological polar surface area (TPSA) is 52.6 Å². The Morgan fingerprint density at radius 3 is 1.42 bits per heavy atom. The van der Waals surface area contributed by atoms with Crippen LogP contribution in [0.15, 0.2) is 36.4 Å². The summed E-state index contributed by atoms with van der Waals surface area (Å²) in [6.07, 6.45) is 0. The first-order chi connectivity index (χ1) is 11.4. The summed E-state index contributed by atoms with van der Waals surface area (Å²) in [5.41, 5.74) is 6.05. The molecule has 0 aromatic heterocycles. The molecule has 0 saturated heterocycles. The Morgan fingerprint density at radius 2 is 1.08 bits per heavy atom. The Bertz CT molecular complexity index is 697. The van der Waals surface area contributed by atoms with Gasteiger partial charge in [0.15, 0.2) is 0 Å². The van der Waals surface area contributed by atoms with Crippen LogP contribution >= 0.6 is 0 Å². The number of rotatable bonds is 4. The molecule has 126 valence electrons. The quantitative estimate of drug-likeness (QED) is 0.635. The standard InChI is InChI=1S/C20H22O4/c1-13-5-7-17(15(3)9-13)11-23-19(21)20(22)24-12-18-8-6-14(2)10-16(18)4/h5-10H,11-12H2,1-4H3. The Morgan fingerprint density at radius 1 is 0.708 bits per heavy atom. The van der Waals surface area contributed by atoms with Crippen LogP contribution in [0.25, 0.3) is 0 Å². The van der Waals surface area contributed by atoms with E-state index in [1.165, 1.54) is 0 Å². The van der Waals surface area contributed by atoms with E-state index < -0.39 is 11.9 Å². The smallest absolute Gasteiger partial charge is 0.417 e. The van der Waals surface area contributed by atoms with Gasteiger partial charge in [-0.1, -0.05) is 47.5 Å². The van der Waals surface area contributed by atoms with Gasteiger partial charge in [0.2, 0.25) is 0 Å². The number of ether oxygens (including phenoxy) is 2. The Hall–Kier alpha value is -2.62. The van der Waals surface area contributed by atoms with Gasteiger partial charge in [0.1, 0.15) is 13.2 Å². The molecule has 0 amide bonds. The molecule has 0 N–H and O–H groups in total. The van der Waals surface area contributed by atoms with E-state index in [-0.39, 0.29) is 13.2 Å². The lowest BCUT2D eigenvalue weighted by Crippen LogP contribution is -2.20. The van der Waals surface area contributed by atoms with Crippen molar-refractivity contribution < 1.29 is 19.1 Å². The molecule has 0 aliphatic rings. The molecule has 0 spiro atoms. The highest BCUT2D eigenvalue weighted by atomic mass is 16.6. The molecular weight excluding hydrogens is 304 g/mol. The lowest BCUT2D eigenvalue weighted by Gasteiger charge is -2.09. The highest BCUT2D eigenvalue weighted by Crippen LogP contribution is 2.13. The third kappa shape index (κ3) is 4.69. The van der Waals surface area contributed by atoms with Crippen LogP contribution in [0.4, 0.5) is 0 Å². The second-order valence-electron chi connectivity index (χ2n) is 6.01. The summed E-state index contributed by atoms with van der Waals surface area (Å²) in [5.74, 6) is -1.94. The highest BCUT2D eigenvalue weighted by molar-refractivity contribution is 6.29. The first kappa shape index (κ1) is 17.7. The second kappa shape index (κ2) is 7.77. The molecular formula is C20H22O4. The molecule has 24 heavy (non-hydrogen) atoms. The van der Waals surface area contributed by atoms with Crippen molar-refractivity contribution in [1.82, 2.24) is 0 Å². The molecule has 0 unspecified atom stereocenters. The maximum atomic E-state index is 11.8. The zero-order chi connectivity index (χ0) is 17.7. The Labute approximate surface area is 142 Å². The van der Waals surface area contributed by atoms with Crippen molar-refractivity contribution in [2.45, 2.75) is 40.9 Å². The lowest BCUT2D eigenvalue weighted by atomic mass is 10.1. The van der Waals surface area contributed by atoms with E-state index in [2.05, 4.69) is 0 Å². The van der Waals surface area contributed by atoms with Gasteiger partial charge >= 0.3 is 11.9 Å². The zero-order valence-corrected chi connectivity index (χ0v) is 14.5. The summed E-state index contributed by atoms with van der Waals surface area (Å²) in [7, 11) is 0. The Kier molecular flexibility index (Phi) is 5.74. The van der Waals surface area contributed by atoms with Gasteiger partial charge in [-0.05, 0) is 49.9 Å². The van der Waals surface area contributed by atoms with E-state index in [4.69, 9.17) is 9.47 Å². The van der Waals surface area contributed by atoms with Crippen LogP contribution < -0.4 is 0 Å². The Balaban J connectivity index is 1.87. The van der Waals surface area contributed by atoms with Gasteiger partial charge < -0.3 is 9.47 Å². The normalized spacial score (nSPS) is 10.3. The van der Waals surface area contributed by atoms with E-state index in [9.17, 15) is 9.59 Å². The summed E-state index contributed by atoms with van der Waals surface area (Å²) in [5, 5.41) is 0.